The number of piperidine rings is 1. The molecule has 2 heteroatoms. The van der Waals surface area contributed by atoms with E-state index >= 15 is 0 Å². The lowest BCUT2D eigenvalue weighted by Crippen LogP contribution is -2.51. The molecule has 2 saturated heterocycles. The van der Waals surface area contributed by atoms with Crippen molar-refractivity contribution in [3.63, 3.8) is 0 Å². The maximum atomic E-state index is 3.54. The van der Waals surface area contributed by atoms with Crippen LogP contribution in [0, 0.1) is 13.8 Å². The highest BCUT2D eigenvalue weighted by Gasteiger charge is 2.40. The molecule has 1 N–H and O–H groups in total. The molecule has 2 nitrogen and oxygen atoms in total. The Morgan fingerprint density at radius 3 is 2.11 bits per heavy atom. The van der Waals surface area contributed by atoms with Crippen LogP contribution in [0.4, 0.5) is 0 Å². The number of hydrogen-bond acceptors (Lipinski definition) is 2. The molecule has 2 aliphatic rings. The number of likely N-dealkylation sites (tertiary alicyclic amines) is 1. The Bertz CT molecular complexity index is 420. The fourth-order valence-electron chi connectivity index (χ4n) is 4.02. The SMILES string of the molecule is Cc1cc(C)cc(C2(N3CCCC3)CCNCC2)c1. The first kappa shape index (κ1) is 13.1. The molecule has 2 fully saturated rings. The monoisotopic (exact) mass is 258 g/mol. The van der Waals surface area contributed by atoms with Gasteiger partial charge in [-0.1, -0.05) is 29.3 Å². The first-order valence-electron chi connectivity index (χ1n) is 7.75. The topological polar surface area (TPSA) is 15.3 Å². The van der Waals surface area contributed by atoms with Gasteiger partial charge in [-0.2, -0.15) is 0 Å². The molecule has 0 saturated carbocycles. The summed E-state index contributed by atoms with van der Waals surface area (Å²) in [5.41, 5.74) is 4.69. The smallest absolute Gasteiger partial charge is 0.0484 e. The summed E-state index contributed by atoms with van der Waals surface area (Å²) in [5, 5.41) is 3.54. The van der Waals surface area contributed by atoms with Crippen molar-refractivity contribution in [2.45, 2.75) is 45.1 Å². The fourth-order valence-corrected chi connectivity index (χ4v) is 4.02. The molecule has 0 atom stereocenters. The highest BCUT2D eigenvalue weighted by Crippen LogP contribution is 2.39. The van der Waals surface area contributed by atoms with Crippen LogP contribution < -0.4 is 5.32 Å². The summed E-state index contributed by atoms with van der Waals surface area (Å²) in [6, 6.07) is 7.15. The fraction of sp³-hybridized carbons (Fsp3) is 0.647. The number of nitrogens with one attached hydrogen (secondary N) is 1. The second kappa shape index (κ2) is 5.26. The van der Waals surface area contributed by atoms with Crippen molar-refractivity contribution < 1.29 is 0 Å². The number of benzene rings is 1. The zero-order valence-corrected chi connectivity index (χ0v) is 12.3. The van der Waals surface area contributed by atoms with E-state index < -0.39 is 0 Å². The summed E-state index contributed by atoms with van der Waals surface area (Å²) in [5.74, 6) is 0. The number of hydrogen-bond donors (Lipinski definition) is 1. The average Bonchev–Trinajstić information content (AvgIpc) is 2.92. The minimum Gasteiger partial charge on any atom is -0.317 e. The van der Waals surface area contributed by atoms with E-state index in [1.165, 1.54) is 49.9 Å². The summed E-state index contributed by atoms with van der Waals surface area (Å²) >= 11 is 0. The molecule has 2 aliphatic heterocycles. The molecular formula is C17H26N2. The third kappa shape index (κ3) is 2.44. The van der Waals surface area contributed by atoms with E-state index in [0.717, 1.165) is 13.1 Å². The molecule has 19 heavy (non-hydrogen) atoms. The van der Waals surface area contributed by atoms with E-state index in [-0.39, 0.29) is 0 Å². The summed E-state index contributed by atoms with van der Waals surface area (Å²) in [7, 11) is 0. The molecule has 2 heterocycles. The highest BCUT2D eigenvalue weighted by molar-refractivity contribution is 5.34. The van der Waals surface area contributed by atoms with Gasteiger partial charge in [-0.3, -0.25) is 4.90 Å². The summed E-state index contributed by atoms with van der Waals surface area (Å²) < 4.78 is 0. The Morgan fingerprint density at radius 1 is 0.947 bits per heavy atom. The van der Waals surface area contributed by atoms with Gasteiger partial charge < -0.3 is 5.32 Å². The van der Waals surface area contributed by atoms with Gasteiger partial charge in [0.2, 0.25) is 0 Å². The first-order valence-corrected chi connectivity index (χ1v) is 7.75. The van der Waals surface area contributed by atoms with Gasteiger partial charge >= 0.3 is 0 Å². The summed E-state index contributed by atoms with van der Waals surface area (Å²) in [6.45, 7) is 9.34. The van der Waals surface area contributed by atoms with Crippen LogP contribution in [0.5, 0.6) is 0 Å². The largest absolute Gasteiger partial charge is 0.317 e. The van der Waals surface area contributed by atoms with Crippen LogP contribution in [0.1, 0.15) is 42.4 Å². The van der Waals surface area contributed by atoms with Gasteiger partial charge in [0.05, 0.1) is 0 Å². The van der Waals surface area contributed by atoms with E-state index in [2.05, 4.69) is 42.3 Å². The second-order valence-corrected chi connectivity index (χ2v) is 6.35. The van der Waals surface area contributed by atoms with E-state index in [1.54, 1.807) is 5.56 Å². The summed E-state index contributed by atoms with van der Waals surface area (Å²) in [4.78, 5) is 2.77. The van der Waals surface area contributed by atoms with E-state index in [0.29, 0.717) is 5.54 Å². The van der Waals surface area contributed by atoms with Crippen LogP contribution in [0.15, 0.2) is 18.2 Å². The van der Waals surface area contributed by atoms with Crippen molar-refractivity contribution >= 4 is 0 Å². The molecule has 0 amide bonds. The van der Waals surface area contributed by atoms with Gasteiger partial charge in [0.1, 0.15) is 0 Å². The molecule has 0 radical (unpaired) electrons. The van der Waals surface area contributed by atoms with Crippen molar-refractivity contribution in [2.24, 2.45) is 0 Å². The predicted octanol–water partition coefficient (Wildman–Crippen LogP) is 2.98. The lowest BCUT2D eigenvalue weighted by Gasteiger charge is -2.46. The lowest BCUT2D eigenvalue weighted by molar-refractivity contribution is 0.0776. The second-order valence-electron chi connectivity index (χ2n) is 6.35. The Labute approximate surface area is 117 Å². The molecule has 1 aromatic carbocycles. The van der Waals surface area contributed by atoms with Crippen LogP contribution in [-0.2, 0) is 5.54 Å². The van der Waals surface area contributed by atoms with Crippen LogP contribution >= 0.6 is 0 Å². The Balaban J connectivity index is 2.02. The van der Waals surface area contributed by atoms with Crippen LogP contribution in [0.25, 0.3) is 0 Å². The minimum atomic E-state index is 0.304. The molecule has 1 aromatic rings. The zero-order valence-electron chi connectivity index (χ0n) is 12.3. The normalized spacial score (nSPS) is 23.7. The third-order valence-electron chi connectivity index (χ3n) is 4.90. The van der Waals surface area contributed by atoms with Gasteiger partial charge in [-0.15, -0.1) is 0 Å². The van der Waals surface area contributed by atoms with Crippen molar-refractivity contribution in [1.82, 2.24) is 10.2 Å². The molecular weight excluding hydrogens is 232 g/mol. The molecule has 0 aromatic heterocycles. The van der Waals surface area contributed by atoms with Gasteiger partial charge in [-0.25, -0.2) is 0 Å². The maximum Gasteiger partial charge on any atom is 0.0484 e. The standard InChI is InChI=1S/C17H26N2/c1-14-11-15(2)13-16(12-14)17(5-7-18-8-6-17)19-9-3-4-10-19/h11-13,18H,3-10H2,1-2H3. The zero-order chi connectivity index (χ0) is 13.3. The quantitative estimate of drug-likeness (QED) is 0.877. The maximum absolute atomic E-state index is 3.54. The van der Waals surface area contributed by atoms with E-state index in [9.17, 15) is 0 Å². The molecule has 0 unspecified atom stereocenters. The molecule has 3 rings (SSSR count). The van der Waals surface area contributed by atoms with Crippen LogP contribution in [0.2, 0.25) is 0 Å². The van der Waals surface area contributed by atoms with Gasteiger partial charge in [-0.05, 0) is 71.3 Å². The number of nitrogens with zero attached hydrogens (tertiary/aromatic N) is 1. The molecule has 104 valence electrons. The number of aryl methyl sites for hydroxylation is 2. The summed E-state index contributed by atoms with van der Waals surface area (Å²) in [6.07, 6.45) is 5.27. The highest BCUT2D eigenvalue weighted by atomic mass is 15.2. The lowest BCUT2D eigenvalue weighted by atomic mass is 9.79. The van der Waals surface area contributed by atoms with E-state index in [4.69, 9.17) is 0 Å². The van der Waals surface area contributed by atoms with Gasteiger partial charge in [0.25, 0.3) is 0 Å². The minimum absolute atomic E-state index is 0.304. The molecule has 0 aliphatic carbocycles. The van der Waals surface area contributed by atoms with Crippen molar-refractivity contribution in [2.75, 3.05) is 26.2 Å². The Kier molecular flexibility index (Phi) is 3.64. The predicted molar refractivity (Wildman–Crippen MR) is 80.5 cm³/mol. The van der Waals surface area contributed by atoms with Gasteiger partial charge in [0, 0.05) is 5.54 Å². The van der Waals surface area contributed by atoms with Crippen molar-refractivity contribution in [3.8, 4) is 0 Å². The van der Waals surface area contributed by atoms with Crippen LogP contribution in [0.3, 0.4) is 0 Å². The third-order valence-corrected chi connectivity index (χ3v) is 4.90. The average molecular weight is 258 g/mol. The van der Waals surface area contributed by atoms with Crippen molar-refractivity contribution in [3.05, 3.63) is 34.9 Å². The molecule has 0 spiro atoms. The van der Waals surface area contributed by atoms with E-state index in [1.807, 2.05) is 0 Å². The number of rotatable bonds is 2. The Morgan fingerprint density at radius 2 is 1.53 bits per heavy atom. The molecule has 0 bridgehead atoms. The van der Waals surface area contributed by atoms with Crippen LogP contribution in [-0.4, -0.2) is 31.1 Å². The Hall–Kier alpha value is -0.860. The van der Waals surface area contributed by atoms with Gasteiger partial charge in [0.15, 0.2) is 0 Å². The van der Waals surface area contributed by atoms with Crippen molar-refractivity contribution in [1.29, 1.82) is 0 Å². The first-order chi connectivity index (χ1) is 9.21.